The fourth-order valence-corrected chi connectivity index (χ4v) is 3.52. The zero-order chi connectivity index (χ0) is 18.6. The SMILES string of the molecule is O=C(CCc1ccccc1F)N1CCc2cnc(N3CCOCC3)nc2C1. The molecule has 1 fully saturated rings. The van der Waals surface area contributed by atoms with Crippen molar-refractivity contribution in [3.05, 3.63) is 53.1 Å². The molecule has 1 aromatic heterocycles. The first-order valence-corrected chi connectivity index (χ1v) is 9.39. The molecule has 0 saturated carbocycles. The molecular weight excluding hydrogens is 347 g/mol. The molecule has 0 radical (unpaired) electrons. The molecule has 27 heavy (non-hydrogen) atoms. The van der Waals surface area contributed by atoms with Crippen LogP contribution in [0.15, 0.2) is 30.5 Å². The summed E-state index contributed by atoms with van der Waals surface area (Å²) >= 11 is 0. The van der Waals surface area contributed by atoms with Gasteiger partial charge in [0.2, 0.25) is 11.9 Å². The smallest absolute Gasteiger partial charge is 0.225 e. The van der Waals surface area contributed by atoms with Gasteiger partial charge < -0.3 is 14.5 Å². The van der Waals surface area contributed by atoms with Gasteiger partial charge in [0.05, 0.1) is 25.5 Å². The summed E-state index contributed by atoms with van der Waals surface area (Å²) in [7, 11) is 0. The highest BCUT2D eigenvalue weighted by Crippen LogP contribution is 2.21. The second-order valence-electron chi connectivity index (χ2n) is 6.90. The molecule has 0 aliphatic carbocycles. The number of rotatable bonds is 4. The van der Waals surface area contributed by atoms with Gasteiger partial charge in [0.1, 0.15) is 5.82 Å². The van der Waals surface area contributed by atoms with Crippen molar-refractivity contribution in [2.24, 2.45) is 0 Å². The maximum atomic E-state index is 13.7. The number of fused-ring (bicyclic) bond motifs is 1. The summed E-state index contributed by atoms with van der Waals surface area (Å²) in [6.07, 6.45) is 3.35. The largest absolute Gasteiger partial charge is 0.378 e. The molecule has 4 rings (SSSR count). The number of nitrogens with zero attached hydrogens (tertiary/aromatic N) is 4. The number of anilines is 1. The zero-order valence-electron chi connectivity index (χ0n) is 15.2. The molecule has 2 aliphatic rings. The minimum absolute atomic E-state index is 0.0374. The Bertz CT molecular complexity index is 823. The molecule has 1 amide bonds. The summed E-state index contributed by atoms with van der Waals surface area (Å²) in [6, 6.07) is 6.62. The van der Waals surface area contributed by atoms with E-state index in [1.165, 1.54) is 6.07 Å². The first-order chi connectivity index (χ1) is 13.2. The Kier molecular flexibility index (Phi) is 5.29. The molecule has 0 atom stereocenters. The number of hydrogen-bond donors (Lipinski definition) is 0. The standard InChI is InChI=1S/C20H23FN4O2/c21-17-4-2-1-3-15(17)5-6-19(26)25-8-7-16-13-22-20(23-18(16)14-25)24-9-11-27-12-10-24/h1-4,13H,5-12,14H2. The summed E-state index contributed by atoms with van der Waals surface area (Å²) < 4.78 is 19.1. The lowest BCUT2D eigenvalue weighted by atomic mass is 10.0. The molecule has 3 heterocycles. The average Bonchev–Trinajstić information content (AvgIpc) is 2.73. The van der Waals surface area contributed by atoms with Crippen LogP contribution in [-0.4, -0.2) is 53.6 Å². The summed E-state index contributed by atoms with van der Waals surface area (Å²) in [6.45, 7) is 4.07. The molecule has 2 aliphatic heterocycles. The second-order valence-corrected chi connectivity index (χ2v) is 6.90. The van der Waals surface area contributed by atoms with Crippen LogP contribution in [0.3, 0.4) is 0 Å². The lowest BCUT2D eigenvalue weighted by Crippen LogP contribution is -2.39. The predicted molar refractivity (Wildman–Crippen MR) is 98.9 cm³/mol. The first kappa shape index (κ1) is 17.9. The Labute approximate surface area is 158 Å². The van der Waals surface area contributed by atoms with Crippen molar-refractivity contribution in [3.8, 4) is 0 Å². The highest BCUT2D eigenvalue weighted by molar-refractivity contribution is 5.76. The Morgan fingerprint density at radius 1 is 1.19 bits per heavy atom. The summed E-state index contributed by atoms with van der Waals surface area (Å²) in [5.41, 5.74) is 2.60. The van der Waals surface area contributed by atoms with Gasteiger partial charge in [0.15, 0.2) is 0 Å². The van der Waals surface area contributed by atoms with Crippen molar-refractivity contribution < 1.29 is 13.9 Å². The van der Waals surface area contributed by atoms with Crippen molar-refractivity contribution >= 4 is 11.9 Å². The molecule has 7 heteroatoms. The lowest BCUT2D eigenvalue weighted by molar-refractivity contribution is -0.132. The van der Waals surface area contributed by atoms with E-state index in [0.29, 0.717) is 50.7 Å². The third-order valence-electron chi connectivity index (χ3n) is 5.15. The molecule has 0 unspecified atom stereocenters. The van der Waals surface area contributed by atoms with E-state index < -0.39 is 0 Å². The van der Waals surface area contributed by atoms with Crippen LogP contribution in [0.5, 0.6) is 0 Å². The number of aryl methyl sites for hydroxylation is 1. The van der Waals surface area contributed by atoms with E-state index in [1.54, 1.807) is 18.2 Å². The van der Waals surface area contributed by atoms with Crippen LogP contribution in [0.4, 0.5) is 10.3 Å². The van der Waals surface area contributed by atoms with E-state index >= 15 is 0 Å². The molecule has 142 valence electrons. The monoisotopic (exact) mass is 370 g/mol. The molecule has 0 N–H and O–H groups in total. The number of morpholine rings is 1. The van der Waals surface area contributed by atoms with Crippen molar-refractivity contribution in [1.29, 1.82) is 0 Å². The van der Waals surface area contributed by atoms with Gasteiger partial charge in [0.25, 0.3) is 0 Å². The van der Waals surface area contributed by atoms with E-state index in [9.17, 15) is 9.18 Å². The Morgan fingerprint density at radius 2 is 2.00 bits per heavy atom. The third-order valence-corrected chi connectivity index (χ3v) is 5.15. The number of ether oxygens (including phenoxy) is 1. The normalized spacial score (nSPS) is 16.9. The van der Waals surface area contributed by atoms with Gasteiger partial charge in [-0.05, 0) is 30.0 Å². The van der Waals surface area contributed by atoms with Crippen LogP contribution in [0.2, 0.25) is 0 Å². The van der Waals surface area contributed by atoms with Gasteiger partial charge in [-0.2, -0.15) is 0 Å². The van der Waals surface area contributed by atoms with Crippen LogP contribution >= 0.6 is 0 Å². The fourth-order valence-electron chi connectivity index (χ4n) is 3.52. The van der Waals surface area contributed by atoms with Crippen LogP contribution in [0.1, 0.15) is 23.2 Å². The van der Waals surface area contributed by atoms with E-state index in [2.05, 4.69) is 9.88 Å². The van der Waals surface area contributed by atoms with E-state index in [0.717, 1.165) is 30.8 Å². The van der Waals surface area contributed by atoms with Gasteiger partial charge in [-0.3, -0.25) is 4.79 Å². The van der Waals surface area contributed by atoms with Gasteiger partial charge in [-0.15, -0.1) is 0 Å². The number of carbonyl (C=O) groups is 1. The lowest BCUT2D eigenvalue weighted by Gasteiger charge is -2.30. The van der Waals surface area contributed by atoms with Gasteiger partial charge in [-0.25, -0.2) is 14.4 Å². The number of benzene rings is 1. The van der Waals surface area contributed by atoms with Crippen molar-refractivity contribution in [1.82, 2.24) is 14.9 Å². The van der Waals surface area contributed by atoms with E-state index in [1.807, 2.05) is 11.1 Å². The Morgan fingerprint density at radius 3 is 2.81 bits per heavy atom. The molecular formula is C20H23FN4O2. The number of halogens is 1. The fraction of sp³-hybridized carbons (Fsp3) is 0.450. The maximum absolute atomic E-state index is 13.7. The summed E-state index contributed by atoms with van der Waals surface area (Å²) in [4.78, 5) is 25.7. The number of aromatic nitrogens is 2. The topological polar surface area (TPSA) is 58.6 Å². The molecule has 1 saturated heterocycles. The average molecular weight is 370 g/mol. The highest BCUT2D eigenvalue weighted by atomic mass is 19.1. The number of carbonyl (C=O) groups excluding carboxylic acids is 1. The molecule has 2 aromatic rings. The minimum Gasteiger partial charge on any atom is -0.378 e. The highest BCUT2D eigenvalue weighted by Gasteiger charge is 2.24. The van der Waals surface area contributed by atoms with Crippen LogP contribution in [0, 0.1) is 5.82 Å². The number of hydrogen-bond acceptors (Lipinski definition) is 5. The maximum Gasteiger partial charge on any atom is 0.225 e. The third kappa shape index (κ3) is 4.08. The quantitative estimate of drug-likeness (QED) is 0.824. The molecule has 0 bridgehead atoms. The Hall–Kier alpha value is -2.54. The summed E-state index contributed by atoms with van der Waals surface area (Å²) in [5, 5.41) is 0. The predicted octanol–water partition coefficient (Wildman–Crippen LogP) is 1.97. The van der Waals surface area contributed by atoms with E-state index in [4.69, 9.17) is 9.72 Å². The van der Waals surface area contributed by atoms with Crippen molar-refractivity contribution in [3.63, 3.8) is 0 Å². The zero-order valence-corrected chi connectivity index (χ0v) is 15.2. The van der Waals surface area contributed by atoms with Crippen LogP contribution < -0.4 is 4.90 Å². The molecule has 1 aromatic carbocycles. The first-order valence-electron chi connectivity index (χ1n) is 9.39. The minimum atomic E-state index is -0.253. The van der Waals surface area contributed by atoms with Gasteiger partial charge in [0, 0.05) is 32.3 Å². The molecule has 6 nitrogen and oxygen atoms in total. The van der Waals surface area contributed by atoms with E-state index in [-0.39, 0.29) is 11.7 Å². The van der Waals surface area contributed by atoms with Gasteiger partial charge >= 0.3 is 0 Å². The van der Waals surface area contributed by atoms with Crippen LogP contribution in [-0.2, 0) is 28.9 Å². The van der Waals surface area contributed by atoms with Gasteiger partial charge in [-0.1, -0.05) is 18.2 Å². The number of amides is 1. The van der Waals surface area contributed by atoms with Crippen molar-refractivity contribution in [2.75, 3.05) is 37.7 Å². The van der Waals surface area contributed by atoms with Crippen LogP contribution in [0.25, 0.3) is 0 Å². The summed E-state index contributed by atoms with van der Waals surface area (Å²) in [5.74, 6) is 0.491. The second kappa shape index (κ2) is 8.00. The molecule has 0 spiro atoms. The van der Waals surface area contributed by atoms with Crippen molar-refractivity contribution in [2.45, 2.75) is 25.8 Å². The Balaban J connectivity index is 1.40.